The van der Waals surface area contributed by atoms with Crippen molar-refractivity contribution in [1.82, 2.24) is 14.0 Å². The fourth-order valence-electron chi connectivity index (χ4n) is 4.28. The number of carboxylic acid groups (broad SMARTS) is 1. The second-order valence-corrected chi connectivity index (χ2v) is 8.48. The van der Waals surface area contributed by atoms with Crippen LogP contribution in [-0.4, -0.2) is 37.6 Å². The number of piperidine rings is 1. The smallest absolute Gasteiger partial charge is 0.326 e. The number of anilines is 1. The van der Waals surface area contributed by atoms with Crippen LogP contribution < -0.4 is 10.5 Å². The molecule has 0 amide bonds. The van der Waals surface area contributed by atoms with Crippen molar-refractivity contribution in [3.63, 3.8) is 0 Å². The molecule has 31 heavy (non-hydrogen) atoms. The van der Waals surface area contributed by atoms with Crippen LogP contribution in [-0.2, 0) is 11.3 Å². The van der Waals surface area contributed by atoms with Crippen LogP contribution in [0.3, 0.4) is 0 Å². The molecular weight excluding hydrogens is 416 g/mol. The van der Waals surface area contributed by atoms with Gasteiger partial charge in [-0.3, -0.25) is 13.8 Å². The van der Waals surface area contributed by atoms with Gasteiger partial charge < -0.3 is 10.0 Å². The summed E-state index contributed by atoms with van der Waals surface area (Å²) in [4.78, 5) is 31.6. The zero-order valence-electron chi connectivity index (χ0n) is 17.6. The van der Waals surface area contributed by atoms with Crippen LogP contribution >= 0.6 is 11.6 Å². The molecule has 4 rings (SSSR count). The predicted octanol–water partition coefficient (Wildman–Crippen LogP) is 4.45. The summed E-state index contributed by atoms with van der Waals surface area (Å²) >= 11 is 6.01. The highest BCUT2D eigenvalue weighted by atomic mass is 35.5. The number of nitrogens with zero attached hydrogens (tertiary/aromatic N) is 4. The fraction of sp³-hybridized carbons (Fsp3) is 0.435. The molecule has 2 aromatic heterocycles. The molecule has 1 aliphatic heterocycles. The predicted molar refractivity (Wildman–Crippen MR) is 122 cm³/mol. The summed E-state index contributed by atoms with van der Waals surface area (Å²) in [5, 5.41) is 10.4. The van der Waals surface area contributed by atoms with Crippen LogP contribution in [0.4, 0.5) is 5.82 Å². The maximum absolute atomic E-state index is 13.0. The molecule has 1 atom stereocenters. The summed E-state index contributed by atoms with van der Waals surface area (Å²) in [6, 6.07) is 8.28. The number of hydrogen-bond acceptors (Lipinski definition) is 4. The van der Waals surface area contributed by atoms with Gasteiger partial charge in [0.15, 0.2) is 0 Å². The lowest BCUT2D eigenvalue weighted by Gasteiger charge is -2.36. The summed E-state index contributed by atoms with van der Waals surface area (Å²) in [7, 11) is 0. The number of rotatable bonds is 7. The molecule has 1 aliphatic rings. The van der Waals surface area contributed by atoms with Crippen molar-refractivity contribution < 1.29 is 9.90 Å². The van der Waals surface area contributed by atoms with E-state index in [1.54, 1.807) is 28.8 Å². The normalized spacial score (nSPS) is 16.7. The van der Waals surface area contributed by atoms with E-state index < -0.39 is 12.0 Å². The zero-order chi connectivity index (χ0) is 22.0. The number of benzene rings is 1. The van der Waals surface area contributed by atoms with Crippen molar-refractivity contribution in [3.05, 3.63) is 51.9 Å². The van der Waals surface area contributed by atoms with E-state index in [4.69, 9.17) is 16.6 Å². The minimum absolute atomic E-state index is 0.209. The molecule has 1 fully saturated rings. The lowest BCUT2D eigenvalue weighted by atomic mass is 10.0. The highest BCUT2D eigenvalue weighted by Gasteiger charge is 2.31. The quantitative estimate of drug-likeness (QED) is 0.547. The van der Waals surface area contributed by atoms with Crippen molar-refractivity contribution >= 4 is 29.2 Å². The van der Waals surface area contributed by atoms with Gasteiger partial charge in [-0.05, 0) is 37.8 Å². The third-order valence-electron chi connectivity index (χ3n) is 5.90. The highest BCUT2D eigenvalue weighted by Crippen LogP contribution is 2.27. The van der Waals surface area contributed by atoms with Crippen molar-refractivity contribution in [2.75, 3.05) is 11.4 Å². The number of aliphatic carboxylic acids is 1. The molecule has 1 N–H and O–H groups in total. The molecule has 1 aromatic carbocycles. The SMILES string of the molecule is CCCCCn1c(N2CCCC[C@H]2C(=O)O)cc(=O)n2cc(-c3ccc(Cl)cc3)nc12. The number of halogens is 1. The van der Waals surface area contributed by atoms with Crippen LogP contribution in [0.15, 0.2) is 41.3 Å². The maximum Gasteiger partial charge on any atom is 0.326 e. The second kappa shape index (κ2) is 9.14. The third kappa shape index (κ3) is 4.32. The minimum atomic E-state index is -0.850. The Hall–Kier alpha value is -2.80. The van der Waals surface area contributed by atoms with Crippen LogP contribution in [0.1, 0.15) is 45.4 Å². The van der Waals surface area contributed by atoms with E-state index in [0.717, 1.165) is 37.7 Å². The lowest BCUT2D eigenvalue weighted by molar-refractivity contribution is -0.139. The molecule has 1 saturated heterocycles. The number of carbonyl (C=O) groups is 1. The first-order valence-electron chi connectivity index (χ1n) is 10.9. The molecule has 0 saturated carbocycles. The average molecular weight is 443 g/mol. The van der Waals surface area contributed by atoms with Crippen molar-refractivity contribution in [1.29, 1.82) is 0 Å². The van der Waals surface area contributed by atoms with Crippen molar-refractivity contribution in [3.8, 4) is 11.3 Å². The molecule has 164 valence electrons. The van der Waals surface area contributed by atoms with Crippen LogP contribution in [0.5, 0.6) is 0 Å². The summed E-state index contributed by atoms with van der Waals surface area (Å²) in [6.07, 6.45) is 7.14. The van der Waals surface area contributed by atoms with Crippen molar-refractivity contribution in [2.24, 2.45) is 0 Å². The number of aromatic nitrogens is 3. The Labute approximate surface area is 185 Å². The summed E-state index contributed by atoms with van der Waals surface area (Å²) in [5.41, 5.74) is 1.35. The van der Waals surface area contributed by atoms with Gasteiger partial charge in [-0.15, -0.1) is 0 Å². The van der Waals surface area contributed by atoms with E-state index >= 15 is 0 Å². The summed E-state index contributed by atoms with van der Waals surface area (Å²) in [5.74, 6) is 0.338. The molecule has 7 nitrogen and oxygen atoms in total. The van der Waals surface area contributed by atoms with Gasteiger partial charge in [-0.1, -0.05) is 43.5 Å². The van der Waals surface area contributed by atoms with E-state index in [9.17, 15) is 14.7 Å². The fourth-order valence-corrected chi connectivity index (χ4v) is 4.40. The standard InChI is InChI=1S/C23H27ClN4O3/c1-2-3-5-13-27-20(26-12-6-4-7-19(26)22(30)31)14-21(29)28-15-18(25-23(27)28)16-8-10-17(24)11-9-16/h8-11,14-15,19H,2-7,12-13H2,1H3,(H,30,31)/t19-/m0/s1. The van der Waals surface area contributed by atoms with Gasteiger partial charge in [0.1, 0.15) is 11.9 Å². The zero-order valence-corrected chi connectivity index (χ0v) is 18.4. The molecule has 0 aliphatic carbocycles. The Morgan fingerprint density at radius 3 is 2.71 bits per heavy atom. The molecule has 8 heteroatoms. The van der Waals surface area contributed by atoms with Gasteiger partial charge in [0.05, 0.1) is 5.69 Å². The van der Waals surface area contributed by atoms with Gasteiger partial charge in [0.25, 0.3) is 5.56 Å². The van der Waals surface area contributed by atoms with Gasteiger partial charge in [0, 0.05) is 35.9 Å². The van der Waals surface area contributed by atoms with Crippen LogP contribution in [0.2, 0.25) is 5.02 Å². The molecule has 0 spiro atoms. The van der Waals surface area contributed by atoms with Gasteiger partial charge in [-0.2, -0.15) is 0 Å². The molecule has 0 unspecified atom stereocenters. The van der Waals surface area contributed by atoms with Crippen LogP contribution in [0.25, 0.3) is 17.0 Å². The van der Waals surface area contributed by atoms with Crippen molar-refractivity contribution in [2.45, 2.75) is 58.0 Å². The molecule has 3 heterocycles. The average Bonchev–Trinajstić information content (AvgIpc) is 3.22. The number of fused-ring (bicyclic) bond motifs is 1. The molecular formula is C23H27ClN4O3. The van der Waals surface area contributed by atoms with E-state index in [1.165, 1.54) is 0 Å². The topological polar surface area (TPSA) is 79.8 Å². The van der Waals surface area contributed by atoms with Gasteiger partial charge in [0.2, 0.25) is 5.78 Å². The first kappa shape index (κ1) is 21.4. The van der Waals surface area contributed by atoms with E-state index in [-0.39, 0.29) is 5.56 Å². The number of unbranched alkanes of at least 4 members (excludes halogenated alkanes) is 2. The van der Waals surface area contributed by atoms with E-state index in [1.807, 2.05) is 21.6 Å². The Balaban J connectivity index is 1.86. The van der Waals surface area contributed by atoms with E-state index in [0.29, 0.717) is 41.8 Å². The van der Waals surface area contributed by atoms with Crippen LogP contribution in [0, 0.1) is 0 Å². The second-order valence-electron chi connectivity index (χ2n) is 8.05. The minimum Gasteiger partial charge on any atom is -0.480 e. The van der Waals surface area contributed by atoms with Gasteiger partial charge in [-0.25, -0.2) is 9.78 Å². The number of hydrogen-bond donors (Lipinski definition) is 1. The Bertz CT molecular complexity index is 1140. The number of imidazole rings is 1. The lowest BCUT2D eigenvalue weighted by Crippen LogP contribution is -2.46. The highest BCUT2D eigenvalue weighted by molar-refractivity contribution is 6.30. The number of carboxylic acids is 1. The monoisotopic (exact) mass is 442 g/mol. The van der Waals surface area contributed by atoms with Gasteiger partial charge >= 0.3 is 5.97 Å². The summed E-state index contributed by atoms with van der Waals surface area (Å²) < 4.78 is 3.57. The third-order valence-corrected chi connectivity index (χ3v) is 6.15. The first-order valence-corrected chi connectivity index (χ1v) is 11.3. The first-order chi connectivity index (χ1) is 15.0. The Kier molecular flexibility index (Phi) is 6.32. The molecule has 3 aromatic rings. The largest absolute Gasteiger partial charge is 0.480 e. The van der Waals surface area contributed by atoms with E-state index in [2.05, 4.69) is 6.92 Å². The molecule has 0 radical (unpaired) electrons. The summed E-state index contributed by atoms with van der Waals surface area (Å²) in [6.45, 7) is 3.43. The molecule has 0 bridgehead atoms. The number of aryl methyl sites for hydroxylation is 1. The maximum atomic E-state index is 13.0. The Morgan fingerprint density at radius 2 is 2.00 bits per heavy atom. The Morgan fingerprint density at radius 1 is 1.23 bits per heavy atom.